The SMILES string of the molecule is O=C(O)c1cnc(C2CCN(Cc3ccc(F)cc3)CC2)s1. The number of halogens is 1. The molecule has 1 N–H and O–H groups in total. The van der Waals surface area contributed by atoms with Gasteiger partial charge in [0.2, 0.25) is 0 Å². The average Bonchev–Trinajstić information content (AvgIpc) is 3.00. The summed E-state index contributed by atoms with van der Waals surface area (Å²) in [5.74, 6) is -0.763. The third-order valence-electron chi connectivity index (χ3n) is 3.99. The number of carbonyl (C=O) groups is 1. The third-order valence-corrected chi connectivity index (χ3v) is 5.14. The Morgan fingerprint density at radius 3 is 2.59 bits per heavy atom. The van der Waals surface area contributed by atoms with Crippen LogP contribution in [-0.2, 0) is 6.54 Å². The lowest BCUT2D eigenvalue weighted by Crippen LogP contribution is -2.32. The van der Waals surface area contributed by atoms with Crippen molar-refractivity contribution in [3.05, 3.63) is 51.7 Å². The van der Waals surface area contributed by atoms with E-state index in [9.17, 15) is 9.18 Å². The van der Waals surface area contributed by atoms with E-state index in [-0.39, 0.29) is 5.82 Å². The van der Waals surface area contributed by atoms with Crippen molar-refractivity contribution in [2.45, 2.75) is 25.3 Å². The first-order valence-electron chi connectivity index (χ1n) is 7.27. The van der Waals surface area contributed by atoms with Gasteiger partial charge >= 0.3 is 5.97 Å². The predicted octanol–water partition coefficient (Wildman–Crippen LogP) is 3.36. The molecule has 22 heavy (non-hydrogen) atoms. The van der Waals surface area contributed by atoms with Gasteiger partial charge in [0.05, 0.1) is 11.2 Å². The van der Waals surface area contributed by atoms with Crippen molar-refractivity contribution in [2.75, 3.05) is 13.1 Å². The molecule has 1 aliphatic heterocycles. The molecule has 2 heterocycles. The van der Waals surface area contributed by atoms with Gasteiger partial charge in [0, 0.05) is 12.5 Å². The Balaban J connectivity index is 1.55. The van der Waals surface area contributed by atoms with Crippen LogP contribution in [0.2, 0.25) is 0 Å². The van der Waals surface area contributed by atoms with Crippen LogP contribution in [0, 0.1) is 5.82 Å². The molecule has 0 unspecified atom stereocenters. The Morgan fingerprint density at radius 2 is 2.00 bits per heavy atom. The van der Waals surface area contributed by atoms with Crippen LogP contribution >= 0.6 is 11.3 Å². The third kappa shape index (κ3) is 3.51. The molecule has 2 aromatic rings. The Morgan fingerprint density at radius 1 is 1.32 bits per heavy atom. The molecule has 0 aliphatic carbocycles. The number of aromatic carboxylic acids is 1. The number of carboxylic acids is 1. The van der Waals surface area contributed by atoms with Crippen molar-refractivity contribution in [3.63, 3.8) is 0 Å². The number of thiazole rings is 1. The van der Waals surface area contributed by atoms with Crippen LogP contribution < -0.4 is 0 Å². The maximum atomic E-state index is 12.9. The van der Waals surface area contributed by atoms with Gasteiger partial charge in [-0.15, -0.1) is 11.3 Å². The standard InChI is InChI=1S/C16H17FN2O2S/c17-13-3-1-11(2-4-13)10-19-7-5-12(6-8-19)15-18-9-14(22-15)16(20)21/h1-4,9,12H,5-8,10H2,(H,20,21). The van der Waals surface area contributed by atoms with E-state index in [1.165, 1.54) is 29.7 Å². The van der Waals surface area contributed by atoms with Gasteiger partial charge in [-0.2, -0.15) is 0 Å². The summed E-state index contributed by atoms with van der Waals surface area (Å²) in [4.78, 5) is 17.8. The van der Waals surface area contributed by atoms with Crippen molar-refractivity contribution in [3.8, 4) is 0 Å². The molecule has 0 saturated carbocycles. The molecule has 1 saturated heterocycles. The highest BCUT2D eigenvalue weighted by Crippen LogP contribution is 2.31. The quantitative estimate of drug-likeness (QED) is 0.938. The summed E-state index contributed by atoms with van der Waals surface area (Å²) in [6.45, 7) is 2.72. The average molecular weight is 320 g/mol. The highest BCUT2D eigenvalue weighted by molar-refractivity contribution is 7.13. The summed E-state index contributed by atoms with van der Waals surface area (Å²) < 4.78 is 12.9. The van der Waals surface area contributed by atoms with Gasteiger partial charge in [0.25, 0.3) is 0 Å². The second-order valence-electron chi connectivity index (χ2n) is 5.54. The Hall–Kier alpha value is -1.79. The fourth-order valence-corrected chi connectivity index (χ4v) is 3.69. The first-order valence-corrected chi connectivity index (χ1v) is 8.09. The summed E-state index contributed by atoms with van der Waals surface area (Å²) in [5, 5.41) is 9.89. The molecule has 0 bridgehead atoms. The molecule has 116 valence electrons. The summed E-state index contributed by atoms with van der Waals surface area (Å²) in [6.07, 6.45) is 3.41. The fourth-order valence-electron chi connectivity index (χ4n) is 2.76. The number of benzene rings is 1. The van der Waals surface area contributed by atoms with E-state index in [4.69, 9.17) is 5.11 Å². The number of hydrogen-bond acceptors (Lipinski definition) is 4. The maximum absolute atomic E-state index is 12.9. The van der Waals surface area contributed by atoms with Crippen LogP contribution in [0.4, 0.5) is 4.39 Å². The molecule has 0 spiro atoms. The van der Waals surface area contributed by atoms with E-state index in [2.05, 4.69) is 9.88 Å². The predicted molar refractivity (Wildman–Crippen MR) is 82.7 cm³/mol. The van der Waals surface area contributed by atoms with Gasteiger partial charge in [0.1, 0.15) is 10.7 Å². The van der Waals surface area contributed by atoms with Crippen LogP contribution in [0.5, 0.6) is 0 Å². The number of rotatable bonds is 4. The lowest BCUT2D eigenvalue weighted by Gasteiger charge is -2.31. The van der Waals surface area contributed by atoms with E-state index in [0.717, 1.165) is 43.0 Å². The van der Waals surface area contributed by atoms with Gasteiger partial charge < -0.3 is 5.11 Å². The number of carboxylic acid groups (broad SMARTS) is 1. The zero-order valence-electron chi connectivity index (χ0n) is 12.0. The normalized spacial score (nSPS) is 16.8. The van der Waals surface area contributed by atoms with Gasteiger partial charge in [-0.05, 0) is 43.6 Å². The Kier molecular flexibility index (Phi) is 4.49. The summed E-state index contributed by atoms with van der Waals surface area (Å²) in [5.41, 5.74) is 1.11. The smallest absolute Gasteiger partial charge is 0.347 e. The van der Waals surface area contributed by atoms with Gasteiger partial charge in [-0.1, -0.05) is 12.1 Å². The summed E-state index contributed by atoms with van der Waals surface area (Å²) >= 11 is 1.28. The number of hydrogen-bond donors (Lipinski definition) is 1. The van der Waals surface area contributed by atoms with E-state index in [1.807, 2.05) is 12.1 Å². The first kappa shape index (κ1) is 15.1. The first-order chi connectivity index (χ1) is 10.6. The van der Waals surface area contributed by atoms with Crippen molar-refractivity contribution < 1.29 is 14.3 Å². The Bertz CT molecular complexity index is 648. The van der Waals surface area contributed by atoms with Crippen LogP contribution in [0.3, 0.4) is 0 Å². The Labute approximate surface area is 132 Å². The topological polar surface area (TPSA) is 53.4 Å². The fraction of sp³-hybridized carbons (Fsp3) is 0.375. The van der Waals surface area contributed by atoms with Crippen molar-refractivity contribution in [1.82, 2.24) is 9.88 Å². The minimum atomic E-state index is -0.905. The molecule has 4 nitrogen and oxygen atoms in total. The van der Waals surface area contributed by atoms with Gasteiger partial charge in [-0.3, -0.25) is 4.90 Å². The monoisotopic (exact) mass is 320 g/mol. The van der Waals surface area contributed by atoms with Crippen molar-refractivity contribution in [2.24, 2.45) is 0 Å². The molecule has 6 heteroatoms. The zero-order chi connectivity index (χ0) is 15.5. The van der Waals surface area contributed by atoms with E-state index in [1.54, 1.807) is 0 Å². The van der Waals surface area contributed by atoms with E-state index >= 15 is 0 Å². The summed E-state index contributed by atoms with van der Waals surface area (Å²) in [6, 6.07) is 6.62. The highest BCUT2D eigenvalue weighted by Gasteiger charge is 2.23. The molecule has 1 fully saturated rings. The molecule has 0 amide bonds. The van der Waals surface area contributed by atoms with E-state index < -0.39 is 5.97 Å². The van der Waals surface area contributed by atoms with Crippen molar-refractivity contribution >= 4 is 17.3 Å². The van der Waals surface area contributed by atoms with Gasteiger partial charge in [-0.25, -0.2) is 14.2 Å². The van der Waals surface area contributed by atoms with Crippen LogP contribution in [-0.4, -0.2) is 34.0 Å². The maximum Gasteiger partial charge on any atom is 0.347 e. The second kappa shape index (κ2) is 6.54. The number of aromatic nitrogens is 1. The zero-order valence-corrected chi connectivity index (χ0v) is 12.9. The lowest BCUT2D eigenvalue weighted by atomic mass is 9.97. The minimum Gasteiger partial charge on any atom is -0.477 e. The van der Waals surface area contributed by atoms with Gasteiger partial charge in [0.15, 0.2) is 0 Å². The lowest BCUT2D eigenvalue weighted by molar-refractivity contribution is 0.0702. The second-order valence-corrected chi connectivity index (χ2v) is 6.61. The van der Waals surface area contributed by atoms with E-state index in [0.29, 0.717) is 10.8 Å². The molecular weight excluding hydrogens is 303 g/mol. The highest BCUT2D eigenvalue weighted by atomic mass is 32.1. The molecule has 1 aromatic carbocycles. The molecule has 1 aromatic heterocycles. The largest absolute Gasteiger partial charge is 0.477 e. The number of piperidine rings is 1. The molecule has 3 rings (SSSR count). The summed E-state index contributed by atoms with van der Waals surface area (Å²) in [7, 11) is 0. The number of nitrogens with zero attached hydrogens (tertiary/aromatic N) is 2. The van der Waals surface area contributed by atoms with Crippen molar-refractivity contribution in [1.29, 1.82) is 0 Å². The molecular formula is C16H17FN2O2S. The molecule has 1 aliphatic rings. The van der Waals surface area contributed by atoms with Crippen LogP contribution in [0.25, 0.3) is 0 Å². The molecule has 0 radical (unpaired) electrons. The number of likely N-dealkylation sites (tertiary alicyclic amines) is 1. The molecule has 0 atom stereocenters. The van der Waals surface area contributed by atoms with Crippen LogP contribution in [0.1, 0.15) is 39.0 Å². The van der Waals surface area contributed by atoms with Crippen LogP contribution in [0.15, 0.2) is 30.5 Å². The minimum absolute atomic E-state index is 0.208.